The Morgan fingerprint density at radius 2 is 1.78 bits per heavy atom. The summed E-state index contributed by atoms with van der Waals surface area (Å²) in [5, 5.41) is 0. The average Bonchev–Trinajstić information content (AvgIpc) is 3.04. The molecule has 1 amide bonds. The molecule has 148 valence electrons. The van der Waals surface area contributed by atoms with E-state index in [0.29, 0.717) is 42.2 Å². The number of carbonyl (C=O) groups is 3. The SMILES string of the molecule is COC(=O)c1sc(I)cc1N(C(=O)[C@H]1CC[C@H](C)CC1)C1CCC(=O)CC1. The van der Waals surface area contributed by atoms with Crippen molar-refractivity contribution in [1.29, 1.82) is 0 Å². The van der Waals surface area contributed by atoms with Crippen molar-refractivity contribution < 1.29 is 19.1 Å². The summed E-state index contributed by atoms with van der Waals surface area (Å²) < 4.78 is 5.91. The Bertz CT molecular complexity index is 714. The van der Waals surface area contributed by atoms with Gasteiger partial charge in [0.15, 0.2) is 0 Å². The highest BCUT2D eigenvalue weighted by Gasteiger charge is 2.37. The van der Waals surface area contributed by atoms with Gasteiger partial charge in [-0.1, -0.05) is 6.92 Å². The topological polar surface area (TPSA) is 63.7 Å². The van der Waals surface area contributed by atoms with E-state index in [2.05, 4.69) is 29.5 Å². The van der Waals surface area contributed by atoms with Gasteiger partial charge in [-0.3, -0.25) is 9.59 Å². The molecule has 2 saturated carbocycles. The summed E-state index contributed by atoms with van der Waals surface area (Å²) in [7, 11) is 1.37. The number of nitrogens with zero attached hydrogens (tertiary/aromatic N) is 1. The van der Waals surface area contributed by atoms with Crippen LogP contribution in [0, 0.1) is 14.7 Å². The van der Waals surface area contributed by atoms with E-state index in [4.69, 9.17) is 4.74 Å². The molecule has 0 atom stereocenters. The van der Waals surface area contributed by atoms with Crippen LogP contribution in [0.1, 0.15) is 68.0 Å². The Morgan fingerprint density at radius 3 is 2.37 bits per heavy atom. The van der Waals surface area contributed by atoms with Crippen LogP contribution in [0.4, 0.5) is 5.69 Å². The minimum atomic E-state index is -0.403. The van der Waals surface area contributed by atoms with Crippen molar-refractivity contribution in [3.05, 3.63) is 13.8 Å². The quantitative estimate of drug-likeness (QED) is 0.437. The van der Waals surface area contributed by atoms with Gasteiger partial charge in [-0.2, -0.15) is 0 Å². The number of carbonyl (C=O) groups excluding carboxylic acids is 3. The van der Waals surface area contributed by atoms with Crippen LogP contribution in [-0.2, 0) is 14.3 Å². The van der Waals surface area contributed by atoms with Gasteiger partial charge in [0.25, 0.3) is 0 Å². The van der Waals surface area contributed by atoms with E-state index in [1.54, 1.807) is 0 Å². The molecule has 27 heavy (non-hydrogen) atoms. The van der Waals surface area contributed by atoms with Crippen LogP contribution in [-0.4, -0.2) is 30.8 Å². The van der Waals surface area contributed by atoms with Gasteiger partial charge in [-0.15, -0.1) is 11.3 Å². The van der Waals surface area contributed by atoms with Gasteiger partial charge < -0.3 is 9.64 Å². The van der Waals surface area contributed by atoms with Crippen molar-refractivity contribution in [2.75, 3.05) is 12.0 Å². The molecule has 2 aliphatic carbocycles. The fourth-order valence-electron chi connectivity index (χ4n) is 4.15. The molecule has 0 aliphatic heterocycles. The van der Waals surface area contributed by atoms with Crippen molar-refractivity contribution in [3.63, 3.8) is 0 Å². The number of anilines is 1. The predicted octanol–water partition coefficient (Wildman–Crippen LogP) is 4.81. The maximum Gasteiger partial charge on any atom is 0.350 e. The zero-order valence-corrected chi connectivity index (χ0v) is 18.8. The molecule has 5 nitrogen and oxygen atoms in total. The Hall–Kier alpha value is -0.960. The van der Waals surface area contributed by atoms with Crippen LogP contribution in [0.3, 0.4) is 0 Å². The van der Waals surface area contributed by atoms with Crippen molar-refractivity contribution in [2.45, 2.75) is 64.3 Å². The molecular weight excluding hydrogens is 477 g/mol. The Morgan fingerprint density at radius 1 is 1.15 bits per heavy atom. The number of rotatable bonds is 4. The highest BCUT2D eigenvalue weighted by Crippen LogP contribution is 2.39. The first-order chi connectivity index (χ1) is 12.9. The van der Waals surface area contributed by atoms with E-state index in [1.165, 1.54) is 18.4 Å². The maximum absolute atomic E-state index is 13.5. The lowest BCUT2D eigenvalue weighted by molar-refractivity contribution is -0.125. The zero-order chi connectivity index (χ0) is 19.6. The standard InChI is InChI=1S/C20H26INO4S/c1-12-3-5-13(6-4-12)19(24)22(14-7-9-15(23)10-8-14)16-11-17(21)27-18(16)20(25)26-2/h11-14H,3-10H2,1-2H3/t12-,13-. The molecule has 0 unspecified atom stereocenters. The molecular formula is C20H26INO4S. The number of ether oxygens (including phenoxy) is 1. The van der Waals surface area contributed by atoms with Crippen LogP contribution in [0.2, 0.25) is 0 Å². The Labute approximate surface area is 178 Å². The minimum Gasteiger partial charge on any atom is -0.465 e. The fourth-order valence-corrected chi connectivity index (χ4v) is 5.90. The van der Waals surface area contributed by atoms with Crippen LogP contribution in [0.25, 0.3) is 0 Å². The number of esters is 1. The van der Waals surface area contributed by atoms with Gasteiger partial charge in [0.2, 0.25) is 5.91 Å². The zero-order valence-electron chi connectivity index (χ0n) is 15.8. The molecule has 3 rings (SSSR count). The molecule has 0 N–H and O–H groups in total. The number of thiophene rings is 1. The second kappa shape index (κ2) is 9.03. The first-order valence-corrected chi connectivity index (χ1v) is 11.5. The van der Waals surface area contributed by atoms with E-state index in [9.17, 15) is 14.4 Å². The summed E-state index contributed by atoms with van der Waals surface area (Å²) >= 11 is 3.54. The molecule has 1 aromatic rings. The van der Waals surface area contributed by atoms with Gasteiger partial charge in [-0.05, 0) is 73.1 Å². The summed E-state index contributed by atoms with van der Waals surface area (Å²) in [6, 6.07) is 1.89. The normalized spacial score (nSPS) is 23.9. The number of halogens is 1. The largest absolute Gasteiger partial charge is 0.465 e. The third kappa shape index (κ3) is 4.72. The molecule has 0 radical (unpaired) electrons. The van der Waals surface area contributed by atoms with E-state index in [-0.39, 0.29) is 23.7 Å². The molecule has 0 bridgehead atoms. The summed E-state index contributed by atoms with van der Waals surface area (Å²) in [6.07, 6.45) is 6.28. The highest BCUT2D eigenvalue weighted by molar-refractivity contribution is 14.1. The van der Waals surface area contributed by atoms with E-state index in [0.717, 1.165) is 28.6 Å². The van der Waals surface area contributed by atoms with Gasteiger partial charge >= 0.3 is 5.97 Å². The molecule has 1 aromatic heterocycles. The lowest BCUT2D eigenvalue weighted by Gasteiger charge is -2.37. The molecule has 2 fully saturated rings. The lowest BCUT2D eigenvalue weighted by atomic mass is 9.81. The second-order valence-electron chi connectivity index (χ2n) is 7.69. The molecule has 0 spiro atoms. The third-order valence-electron chi connectivity index (χ3n) is 5.79. The van der Waals surface area contributed by atoms with Crippen molar-refractivity contribution >= 4 is 57.3 Å². The van der Waals surface area contributed by atoms with Gasteiger partial charge in [-0.25, -0.2) is 4.79 Å². The van der Waals surface area contributed by atoms with E-state index >= 15 is 0 Å². The number of ketones is 1. The van der Waals surface area contributed by atoms with Gasteiger partial charge in [0.05, 0.1) is 15.7 Å². The predicted molar refractivity (Wildman–Crippen MR) is 114 cm³/mol. The minimum absolute atomic E-state index is 0.00175. The Kier molecular flexibility index (Phi) is 6.94. The van der Waals surface area contributed by atoms with Crippen molar-refractivity contribution in [3.8, 4) is 0 Å². The van der Waals surface area contributed by atoms with E-state index in [1.807, 2.05) is 11.0 Å². The number of Topliss-reactive ketones (excluding diaryl/α,β-unsaturated/α-hetero) is 1. The number of hydrogen-bond donors (Lipinski definition) is 0. The first kappa shape index (κ1) is 20.8. The summed E-state index contributed by atoms with van der Waals surface area (Å²) in [5.41, 5.74) is 0.666. The van der Waals surface area contributed by atoms with Crippen molar-refractivity contribution in [1.82, 2.24) is 0 Å². The Balaban J connectivity index is 1.94. The maximum atomic E-state index is 13.5. The molecule has 1 heterocycles. The summed E-state index contributed by atoms with van der Waals surface area (Å²) in [5.74, 6) is 0.642. The summed E-state index contributed by atoms with van der Waals surface area (Å²) in [4.78, 5) is 39.9. The lowest BCUT2D eigenvalue weighted by Crippen LogP contribution is -2.46. The fraction of sp³-hybridized carbons (Fsp3) is 0.650. The summed E-state index contributed by atoms with van der Waals surface area (Å²) in [6.45, 7) is 2.24. The number of methoxy groups -OCH3 is 1. The van der Waals surface area contributed by atoms with Crippen LogP contribution >= 0.6 is 33.9 Å². The van der Waals surface area contributed by atoms with Crippen LogP contribution < -0.4 is 4.90 Å². The van der Waals surface area contributed by atoms with Crippen molar-refractivity contribution in [2.24, 2.45) is 11.8 Å². The number of hydrogen-bond acceptors (Lipinski definition) is 5. The average molecular weight is 503 g/mol. The monoisotopic (exact) mass is 503 g/mol. The molecule has 0 aromatic carbocycles. The number of amides is 1. The second-order valence-corrected chi connectivity index (χ2v) is 10.6. The molecule has 0 saturated heterocycles. The third-order valence-corrected chi connectivity index (χ3v) is 7.66. The smallest absolute Gasteiger partial charge is 0.350 e. The molecule has 2 aliphatic rings. The van der Waals surface area contributed by atoms with Crippen LogP contribution in [0.15, 0.2) is 6.07 Å². The first-order valence-electron chi connectivity index (χ1n) is 9.63. The van der Waals surface area contributed by atoms with E-state index < -0.39 is 5.97 Å². The highest BCUT2D eigenvalue weighted by atomic mass is 127. The van der Waals surface area contributed by atoms with Crippen LogP contribution in [0.5, 0.6) is 0 Å². The van der Waals surface area contributed by atoms with Gasteiger partial charge in [0.1, 0.15) is 10.7 Å². The van der Waals surface area contributed by atoms with Gasteiger partial charge in [0, 0.05) is 24.8 Å². The molecule has 7 heteroatoms.